The Morgan fingerprint density at radius 1 is 0.952 bits per heavy atom. The van der Waals surface area contributed by atoms with Crippen LogP contribution in [0.3, 0.4) is 0 Å². The standard InChI is InChI=1S/C16H12Cl2N2O/c1-9-3-4-10(2)13(7-9)16-19-15(20-21-16)12-6-5-11(17)8-14(12)18/h3-8H,1-2H3. The van der Waals surface area contributed by atoms with Crippen LogP contribution < -0.4 is 0 Å². The highest BCUT2D eigenvalue weighted by Gasteiger charge is 2.15. The second-order valence-corrected chi connectivity index (χ2v) is 5.71. The Hall–Kier alpha value is -1.84. The Balaban J connectivity index is 2.06. The fourth-order valence-corrected chi connectivity index (χ4v) is 2.57. The Kier molecular flexibility index (Phi) is 3.70. The lowest BCUT2D eigenvalue weighted by molar-refractivity contribution is 0.432. The van der Waals surface area contributed by atoms with Gasteiger partial charge in [-0.3, -0.25) is 0 Å². The fraction of sp³-hybridized carbons (Fsp3) is 0.125. The van der Waals surface area contributed by atoms with Crippen LogP contribution in [0.2, 0.25) is 10.0 Å². The summed E-state index contributed by atoms with van der Waals surface area (Å²) in [5, 5.41) is 5.08. The third-order valence-electron chi connectivity index (χ3n) is 3.22. The molecule has 2 aromatic carbocycles. The first-order valence-electron chi connectivity index (χ1n) is 6.41. The minimum Gasteiger partial charge on any atom is -0.334 e. The molecular weight excluding hydrogens is 307 g/mol. The SMILES string of the molecule is Cc1ccc(C)c(-c2nc(-c3ccc(Cl)cc3Cl)no2)c1. The van der Waals surface area contributed by atoms with Crippen molar-refractivity contribution in [1.29, 1.82) is 0 Å². The molecule has 0 radical (unpaired) electrons. The van der Waals surface area contributed by atoms with Crippen molar-refractivity contribution in [2.45, 2.75) is 13.8 Å². The molecule has 1 aromatic heterocycles. The van der Waals surface area contributed by atoms with E-state index in [2.05, 4.69) is 10.1 Å². The predicted octanol–water partition coefficient (Wildman–Crippen LogP) is 5.33. The quantitative estimate of drug-likeness (QED) is 0.641. The number of benzene rings is 2. The Morgan fingerprint density at radius 2 is 1.76 bits per heavy atom. The third kappa shape index (κ3) is 2.80. The van der Waals surface area contributed by atoms with E-state index in [0.717, 1.165) is 16.7 Å². The van der Waals surface area contributed by atoms with E-state index in [0.29, 0.717) is 27.3 Å². The molecule has 3 aromatic rings. The van der Waals surface area contributed by atoms with E-state index in [4.69, 9.17) is 27.7 Å². The van der Waals surface area contributed by atoms with Crippen molar-refractivity contribution in [2.75, 3.05) is 0 Å². The molecule has 106 valence electrons. The molecule has 0 spiro atoms. The maximum atomic E-state index is 6.17. The minimum absolute atomic E-state index is 0.451. The monoisotopic (exact) mass is 318 g/mol. The molecule has 5 heteroatoms. The summed E-state index contributed by atoms with van der Waals surface area (Å²) in [5.41, 5.74) is 3.85. The molecule has 0 saturated heterocycles. The molecule has 0 saturated carbocycles. The first-order chi connectivity index (χ1) is 10.0. The fourth-order valence-electron chi connectivity index (χ4n) is 2.08. The van der Waals surface area contributed by atoms with E-state index in [-0.39, 0.29) is 0 Å². The van der Waals surface area contributed by atoms with E-state index < -0.39 is 0 Å². The summed E-state index contributed by atoms with van der Waals surface area (Å²) in [4.78, 5) is 4.44. The first-order valence-corrected chi connectivity index (χ1v) is 7.17. The average Bonchev–Trinajstić information content (AvgIpc) is 2.91. The third-order valence-corrected chi connectivity index (χ3v) is 3.77. The van der Waals surface area contributed by atoms with Gasteiger partial charge in [0.25, 0.3) is 5.89 Å². The van der Waals surface area contributed by atoms with Crippen molar-refractivity contribution in [1.82, 2.24) is 10.1 Å². The van der Waals surface area contributed by atoms with Crippen LogP contribution in [0.15, 0.2) is 40.9 Å². The van der Waals surface area contributed by atoms with Crippen LogP contribution in [-0.2, 0) is 0 Å². The van der Waals surface area contributed by atoms with Gasteiger partial charge < -0.3 is 4.52 Å². The molecule has 0 aliphatic rings. The van der Waals surface area contributed by atoms with Crippen LogP contribution in [0.25, 0.3) is 22.8 Å². The van der Waals surface area contributed by atoms with Crippen molar-refractivity contribution in [3.63, 3.8) is 0 Å². The van der Waals surface area contributed by atoms with Crippen LogP contribution in [0.1, 0.15) is 11.1 Å². The van der Waals surface area contributed by atoms with Crippen LogP contribution in [0.5, 0.6) is 0 Å². The highest BCUT2D eigenvalue weighted by atomic mass is 35.5. The molecule has 0 bridgehead atoms. The van der Waals surface area contributed by atoms with Crippen molar-refractivity contribution in [2.24, 2.45) is 0 Å². The van der Waals surface area contributed by atoms with Crippen molar-refractivity contribution < 1.29 is 4.52 Å². The highest BCUT2D eigenvalue weighted by molar-refractivity contribution is 6.36. The van der Waals surface area contributed by atoms with Gasteiger partial charge in [-0.25, -0.2) is 0 Å². The van der Waals surface area contributed by atoms with Gasteiger partial charge >= 0.3 is 0 Å². The number of hydrogen-bond donors (Lipinski definition) is 0. The van der Waals surface area contributed by atoms with Gasteiger partial charge in [-0.15, -0.1) is 0 Å². The maximum absolute atomic E-state index is 6.17. The van der Waals surface area contributed by atoms with E-state index >= 15 is 0 Å². The Labute approximate surface area is 132 Å². The summed E-state index contributed by atoms with van der Waals surface area (Å²) >= 11 is 12.1. The van der Waals surface area contributed by atoms with Gasteiger partial charge in [-0.2, -0.15) is 4.98 Å². The lowest BCUT2D eigenvalue weighted by Crippen LogP contribution is -1.86. The minimum atomic E-state index is 0.451. The zero-order chi connectivity index (χ0) is 15.0. The normalized spacial score (nSPS) is 10.9. The summed E-state index contributed by atoms with van der Waals surface area (Å²) in [7, 11) is 0. The van der Waals surface area contributed by atoms with E-state index in [1.54, 1.807) is 18.2 Å². The molecule has 0 atom stereocenters. The number of aromatic nitrogens is 2. The topological polar surface area (TPSA) is 38.9 Å². The van der Waals surface area contributed by atoms with Gasteiger partial charge in [0.1, 0.15) is 0 Å². The number of halogens is 2. The number of hydrogen-bond acceptors (Lipinski definition) is 3. The molecule has 0 amide bonds. The molecule has 0 N–H and O–H groups in total. The summed E-state index contributed by atoms with van der Waals surface area (Å²) in [6, 6.07) is 11.3. The van der Waals surface area contributed by atoms with Crippen LogP contribution in [-0.4, -0.2) is 10.1 Å². The van der Waals surface area contributed by atoms with Crippen LogP contribution in [0, 0.1) is 13.8 Å². The van der Waals surface area contributed by atoms with Crippen LogP contribution >= 0.6 is 23.2 Å². The molecule has 0 fully saturated rings. The molecule has 3 nitrogen and oxygen atoms in total. The number of aryl methyl sites for hydroxylation is 2. The molecule has 0 aliphatic heterocycles. The lowest BCUT2D eigenvalue weighted by Gasteiger charge is -2.01. The van der Waals surface area contributed by atoms with Gasteiger partial charge in [0.15, 0.2) is 0 Å². The second-order valence-electron chi connectivity index (χ2n) is 4.87. The highest BCUT2D eigenvalue weighted by Crippen LogP contribution is 2.31. The molecule has 0 aliphatic carbocycles. The van der Waals surface area contributed by atoms with Crippen molar-refractivity contribution >= 4 is 23.2 Å². The van der Waals surface area contributed by atoms with Gasteiger partial charge in [0.05, 0.1) is 5.02 Å². The molecule has 1 heterocycles. The lowest BCUT2D eigenvalue weighted by atomic mass is 10.1. The molecular formula is C16H12Cl2N2O. The van der Waals surface area contributed by atoms with Gasteiger partial charge in [0.2, 0.25) is 5.82 Å². The Morgan fingerprint density at radius 3 is 2.52 bits per heavy atom. The molecule has 21 heavy (non-hydrogen) atoms. The molecule has 0 unspecified atom stereocenters. The van der Waals surface area contributed by atoms with Crippen molar-refractivity contribution in [3.8, 4) is 22.8 Å². The number of nitrogens with zero attached hydrogens (tertiary/aromatic N) is 2. The second kappa shape index (κ2) is 5.51. The van der Waals surface area contributed by atoms with Gasteiger partial charge in [0, 0.05) is 16.1 Å². The largest absolute Gasteiger partial charge is 0.334 e. The maximum Gasteiger partial charge on any atom is 0.258 e. The van der Waals surface area contributed by atoms with Gasteiger partial charge in [-0.1, -0.05) is 46.1 Å². The summed E-state index contributed by atoms with van der Waals surface area (Å²) < 4.78 is 5.37. The zero-order valence-corrected chi connectivity index (χ0v) is 13.0. The van der Waals surface area contributed by atoms with E-state index in [1.807, 2.05) is 32.0 Å². The van der Waals surface area contributed by atoms with E-state index in [9.17, 15) is 0 Å². The summed E-state index contributed by atoms with van der Waals surface area (Å²) in [6.07, 6.45) is 0. The first kappa shape index (κ1) is 14.1. The van der Waals surface area contributed by atoms with Crippen molar-refractivity contribution in [3.05, 3.63) is 57.6 Å². The van der Waals surface area contributed by atoms with E-state index in [1.165, 1.54) is 0 Å². The predicted molar refractivity (Wildman–Crippen MR) is 84.7 cm³/mol. The smallest absolute Gasteiger partial charge is 0.258 e. The summed E-state index contributed by atoms with van der Waals surface area (Å²) in [5.74, 6) is 0.935. The average molecular weight is 319 g/mol. The summed E-state index contributed by atoms with van der Waals surface area (Å²) in [6.45, 7) is 4.03. The number of rotatable bonds is 2. The van der Waals surface area contributed by atoms with Crippen LogP contribution in [0.4, 0.5) is 0 Å². The molecule has 3 rings (SSSR count). The van der Waals surface area contributed by atoms with Gasteiger partial charge in [-0.05, 0) is 43.7 Å². The Bertz CT molecular complexity index is 812. The zero-order valence-electron chi connectivity index (χ0n) is 11.5.